The molecule has 0 fully saturated rings. The maximum atomic E-state index is 4.67. The summed E-state index contributed by atoms with van der Waals surface area (Å²) in [4.78, 5) is 0. The summed E-state index contributed by atoms with van der Waals surface area (Å²) in [7, 11) is 0. The fourth-order valence-electron chi connectivity index (χ4n) is 0.318. The van der Waals surface area contributed by atoms with Gasteiger partial charge in [-0.05, 0) is 17.7 Å². The monoisotopic (exact) mass is 114 g/mol. The summed E-state index contributed by atoms with van der Waals surface area (Å²) in [5, 5.41) is 1.77. The lowest BCUT2D eigenvalue weighted by Gasteiger charge is -1.94. The number of allylic oxidation sites excluding steroid dienone is 1. The van der Waals surface area contributed by atoms with Crippen molar-refractivity contribution in [2.45, 2.75) is 13.3 Å². The van der Waals surface area contributed by atoms with Crippen molar-refractivity contribution in [1.29, 1.82) is 0 Å². The minimum absolute atomic E-state index is 0.521. The average Bonchev–Trinajstić information content (AvgIpc) is 1.68. The van der Waals surface area contributed by atoms with Crippen LogP contribution >= 0.6 is 12.2 Å². The third kappa shape index (κ3) is 3.67. The molecule has 0 saturated heterocycles. The molecular formula is C6H10S. The molecule has 0 amide bonds. The number of rotatable bonds is 3. The molecule has 1 atom stereocenters. The van der Waals surface area contributed by atoms with Gasteiger partial charge in [0, 0.05) is 0 Å². The Hall–Kier alpha value is -0.170. The maximum absolute atomic E-state index is 4.67. The summed E-state index contributed by atoms with van der Waals surface area (Å²) < 4.78 is 0. The molecule has 0 spiro atoms. The molecule has 0 rings (SSSR count). The SMILES string of the molecule is C=CCC(C)C=S. The molecule has 0 aromatic rings. The van der Waals surface area contributed by atoms with Crippen molar-refractivity contribution in [2.75, 3.05) is 0 Å². The van der Waals surface area contributed by atoms with E-state index in [1.807, 2.05) is 6.08 Å². The highest BCUT2D eigenvalue weighted by atomic mass is 32.1. The molecule has 0 N–H and O–H groups in total. The Morgan fingerprint density at radius 1 is 1.86 bits per heavy atom. The van der Waals surface area contributed by atoms with E-state index in [4.69, 9.17) is 0 Å². The lowest BCUT2D eigenvalue weighted by Crippen LogP contribution is -1.88. The first-order valence-electron chi connectivity index (χ1n) is 2.37. The Kier molecular flexibility index (Phi) is 3.90. The van der Waals surface area contributed by atoms with Gasteiger partial charge >= 0.3 is 0 Å². The predicted octanol–water partition coefficient (Wildman–Crippen LogP) is 2.20. The molecule has 0 bridgehead atoms. The summed E-state index contributed by atoms with van der Waals surface area (Å²) in [6, 6.07) is 0. The van der Waals surface area contributed by atoms with Crippen molar-refractivity contribution in [3.05, 3.63) is 12.7 Å². The summed E-state index contributed by atoms with van der Waals surface area (Å²) in [5.74, 6) is 0.521. The van der Waals surface area contributed by atoms with Gasteiger partial charge in [-0.1, -0.05) is 25.2 Å². The van der Waals surface area contributed by atoms with Crippen molar-refractivity contribution in [1.82, 2.24) is 0 Å². The van der Waals surface area contributed by atoms with Gasteiger partial charge in [0.2, 0.25) is 0 Å². The summed E-state index contributed by atoms with van der Waals surface area (Å²) in [6.45, 7) is 5.66. The fraction of sp³-hybridized carbons (Fsp3) is 0.500. The van der Waals surface area contributed by atoms with E-state index < -0.39 is 0 Å². The molecule has 0 radical (unpaired) electrons. The summed E-state index contributed by atoms with van der Waals surface area (Å²) >= 11 is 4.67. The van der Waals surface area contributed by atoms with Gasteiger partial charge in [0.1, 0.15) is 0 Å². The van der Waals surface area contributed by atoms with Gasteiger partial charge in [-0.25, -0.2) is 0 Å². The van der Waals surface area contributed by atoms with Gasteiger partial charge in [-0.3, -0.25) is 0 Å². The van der Waals surface area contributed by atoms with Crippen LogP contribution in [-0.4, -0.2) is 5.37 Å². The van der Waals surface area contributed by atoms with E-state index in [1.54, 1.807) is 5.37 Å². The highest BCUT2D eigenvalue weighted by Crippen LogP contribution is 1.96. The van der Waals surface area contributed by atoms with Gasteiger partial charge in [-0.15, -0.1) is 6.58 Å². The molecule has 1 unspecified atom stereocenters. The zero-order valence-electron chi connectivity index (χ0n) is 4.55. The fourth-order valence-corrected chi connectivity index (χ4v) is 0.430. The highest BCUT2D eigenvalue weighted by Gasteiger charge is 1.88. The molecule has 0 aliphatic heterocycles. The molecule has 7 heavy (non-hydrogen) atoms. The van der Waals surface area contributed by atoms with E-state index in [2.05, 4.69) is 25.7 Å². The standard InChI is InChI=1S/C6H10S/c1-3-4-6(2)5-7/h3,5-6H,1,4H2,2H3. The molecule has 0 aliphatic carbocycles. The van der Waals surface area contributed by atoms with Crippen LogP contribution < -0.4 is 0 Å². The minimum Gasteiger partial charge on any atom is -0.103 e. The first-order valence-corrected chi connectivity index (χ1v) is 2.84. The van der Waals surface area contributed by atoms with Crippen molar-refractivity contribution >= 4 is 17.6 Å². The Bertz CT molecular complexity index is 66.6. The van der Waals surface area contributed by atoms with E-state index in [1.165, 1.54) is 0 Å². The first-order chi connectivity index (χ1) is 3.31. The Balaban J connectivity index is 3.15. The van der Waals surface area contributed by atoms with Crippen LogP contribution in [0.3, 0.4) is 0 Å². The Morgan fingerprint density at radius 2 is 2.43 bits per heavy atom. The Labute approximate surface area is 50.2 Å². The van der Waals surface area contributed by atoms with Crippen LogP contribution in [0.4, 0.5) is 0 Å². The van der Waals surface area contributed by atoms with E-state index in [-0.39, 0.29) is 0 Å². The second-order valence-electron chi connectivity index (χ2n) is 1.64. The normalized spacial score (nSPS) is 12.7. The zero-order chi connectivity index (χ0) is 5.70. The molecule has 0 saturated carbocycles. The van der Waals surface area contributed by atoms with Crippen LogP contribution in [0.2, 0.25) is 0 Å². The number of thiocarbonyl (C=S) groups is 1. The van der Waals surface area contributed by atoms with Crippen molar-refractivity contribution in [3.8, 4) is 0 Å². The lowest BCUT2D eigenvalue weighted by molar-refractivity contribution is 0.819. The van der Waals surface area contributed by atoms with Crippen LogP contribution in [0, 0.1) is 5.92 Å². The van der Waals surface area contributed by atoms with Crippen molar-refractivity contribution in [2.24, 2.45) is 5.92 Å². The van der Waals surface area contributed by atoms with Crippen LogP contribution in [0.15, 0.2) is 12.7 Å². The number of hydrogen-bond donors (Lipinski definition) is 0. The van der Waals surface area contributed by atoms with E-state index in [0.717, 1.165) is 6.42 Å². The number of hydrogen-bond acceptors (Lipinski definition) is 1. The van der Waals surface area contributed by atoms with Crippen molar-refractivity contribution < 1.29 is 0 Å². The van der Waals surface area contributed by atoms with E-state index >= 15 is 0 Å². The van der Waals surface area contributed by atoms with Gasteiger partial charge in [-0.2, -0.15) is 0 Å². The summed E-state index contributed by atoms with van der Waals surface area (Å²) in [6.07, 6.45) is 2.89. The molecule has 0 aromatic carbocycles. The molecule has 0 aromatic heterocycles. The highest BCUT2D eigenvalue weighted by molar-refractivity contribution is 7.79. The van der Waals surface area contributed by atoms with E-state index in [9.17, 15) is 0 Å². The van der Waals surface area contributed by atoms with Crippen LogP contribution in [0.1, 0.15) is 13.3 Å². The topological polar surface area (TPSA) is 0 Å². The molecule has 40 valence electrons. The van der Waals surface area contributed by atoms with Gasteiger partial charge in [0.05, 0.1) is 0 Å². The lowest BCUT2D eigenvalue weighted by atomic mass is 10.1. The third-order valence-electron chi connectivity index (χ3n) is 0.771. The average molecular weight is 114 g/mol. The molecular weight excluding hydrogens is 104 g/mol. The molecule has 1 heteroatoms. The smallest absolute Gasteiger partial charge is 0.0122 e. The zero-order valence-corrected chi connectivity index (χ0v) is 5.37. The van der Waals surface area contributed by atoms with Crippen LogP contribution in [0.5, 0.6) is 0 Å². The van der Waals surface area contributed by atoms with Gasteiger partial charge in [0.15, 0.2) is 0 Å². The van der Waals surface area contributed by atoms with Crippen molar-refractivity contribution in [3.63, 3.8) is 0 Å². The largest absolute Gasteiger partial charge is 0.103 e. The third-order valence-corrected chi connectivity index (χ3v) is 1.24. The second kappa shape index (κ2) is 4.00. The van der Waals surface area contributed by atoms with E-state index in [0.29, 0.717) is 5.92 Å². The minimum atomic E-state index is 0.521. The molecule has 0 heterocycles. The Morgan fingerprint density at radius 3 is 2.57 bits per heavy atom. The molecule has 0 aliphatic rings. The van der Waals surface area contributed by atoms with Gasteiger partial charge in [0.25, 0.3) is 0 Å². The summed E-state index contributed by atoms with van der Waals surface area (Å²) in [5.41, 5.74) is 0. The second-order valence-corrected chi connectivity index (χ2v) is 1.91. The van der Waals surface area contributed by atoms with Crippen LogP contribution in [-0.2, 0) is 0 Å². The maximum Gasteiger partial charge on any atom is -0.0122 e. The molecule has 0 nitrogen and oxygen atoms in total. The van der Waals surface area contributed by atoms with Crippen LogP contribution in [0.25, 0.3) is 0 Å². The predicted molar refractivity (Wildman–Crippen MR) is 37.6 cm³/mol. The van der Waals surface area contributed by atoms with Gasteiger partial charge < -0.3 is 0 Å². The first kappa shape index (κ1) is 6.83. The quantitative estimate of drug-likeness (QED) is 0.400.